The van der Waals surface area contributed by atoms with E-state index in [-0.39, 0.29) is 22.0 Å². The third kappa shape index (κ3) is 2.47. The maximum absolute atomic E-state index is 12.6. The van der Waals surface area contributed by atoms with Crippen LogP contribution in [-0.2, 0) is 10.0 Å². The van der Waals surface area contributed by atoms with Crippen molar-refractivity contribution in [3.63, 3.8) is 0 Å². The number of furan rings is 1. The summed E-state index contributed by atoms with van der Waals surface area (Å²) in [4.78, 5) is 11.1. The first-order valence-electron chi connectivity index (χ1n) is 6.54. The monoisotopic (exact) mass is 301 g/mol. The fourth-order valence-corrected chi connectivity index (χ4v) is 4.13. The van der Waals surface area contributed by atoms with Gasteiger partial charge >= 0.3 is 5.97 Å². The van der Waals surface area contributed by atoms with E-state index in [4.69, 9.17) is 4.42 Å². The zero-order valence-electron chi connectivity index (χ0n) is 11.8. The normalized spacial score (nSPS) is 16.4. The Bertz CT molecular complexity index is 627. The predicted molar refractivity (Wildman–Crippen MR) is 72.3 cm³/mol. The summed E-state index contributed by atoms with van der Waals surface area (Å²) >= 11 is 0. The van der Waals surface area contributed by atoms with Crippen molar-refractivity contribution in [1.29, 1.82) is 0 Å². The van der Waals surface area contributed by atoms with Crippen LogP contribution in [0, 0.1) is 19.8 Å². The van der Waals surface area contributed by atoms with Crippen LogP contribution in [0.3, 0.4) is 0 Å². The Morgan fingerprint density at radius 1 is 1.35 bits per heavy atom. The van der Waals surface area contributed by atoms with E-state index in [2.05, 4.69) is 0 Å². The summed E-state index contributed by atoms with van der Waals surface area (Å²) < 4.78 is 31.6. The second-order valence-corrected chi connectivity index (χ2v) is 7.29. The summed E-state index contributed by atoms with van der Waals surface area (Å²) in [5.41, 5.74) is -0.261. The molecule has 0 radical (unpaired) electrons. The first-order valence-corrected chi connectivity index (χ1v) is 7.98. The van der Waals surface area contributed by atoms with E-state index in [1.807, 2.05) is 0 Å². The molecule has 1 aromatic rings. The van der Waals surface area contributed by atoms with Crippen LogP contribution in [0.2, 0.25) is 0 Å². The van der Waals surface area contributed by atoms with Crippen LogP contribution in [0.4, 0.5) is 0 Å². The Morgan fingerprint density at radius 3 is 2.40 bits per heavy atom. The molecule has 6 nitrogen and oxygen atoms in total. The summed E-state index contributed by atoms with van der Waals surface area (Å²) in [5, 5.41) is 9.20. The molecule has 0 aromatic carbocycles. The zero-order valence-corrected chi connectivity index (χ0v) is 12.7. The molecule has 1 aliphatic carbocycles. The maximum atomic E-state index is 12.6. The van der Waals surface area contributed by atoms with E-state index < -0.39 is 16.0 Å². The van der Waals surface area contributed by atoms with Crippen molar-refractivity contribution < 1.29 is 22.7 Å². The summed E-state index contributed by atoms with van der Waals surface area (Å²) in [6, 6.07) is 0. The van der Waals surface area contributed by atoms with Crippen LogP contribution in [0.1, 0.15) is 41.1 Å². The quantitative estimate of drug-likeness (QED) is 0.899. The van der Waals surface area contributed by atoms with Crippen molar-refractivity contribution >= 4 is 16.0 Å². The molecule has 1 heterocycles. The molecule has 0 amide bonds. The lowest BCUT2D eigenvalue weighted by Crippen LogP contribution is -2.35. The molecule has 112 valence electrons. The number of hydrogen-bond donors (Lipinski definition) is 1. The Balaban J connectivity index is 2.40. The van der Waals surface area contributed by atoms with Gasteiger partial charge < -0.3 is 9.52 Å². The molecule has 1 N–H and O–H groups in total. The van der Waals surface area contributed by atoms with E-state index in [1.165, 1.54) is 25.2 Å². The predicted octanol–water partition coefficient (Wildman–Crippen LogP) is 2.02. The Kier molecular flexibility index (Phi) is 3.93. The topological polar surface area (TPSA) is 87.8 Å². The Hall–Kier alpha value is -1.34. The van der Waals surface area contributed by atoms with E-state index in [0.717, 1.165) is 19.3 Å². The molecule has 0 atom stereocenters. The summed E-state index contributed by atoms with van der Waals surface area (Å²) in [7, 11) is -2.35. The molecule has 2 rings (SSSR count). The fraction of sp³-hybridized carbons (Fsp3) is 0.615. The zero-order chi connectivity index (χ0) is 15.1. The molecule has 1 aromatic heterocycles. The van der Waals surface area contributed by atoms with Crippen molar-refractivity contribution in [2.75, 3.05) is 13.6 Å². The average molecular weight is 301 g/mol. The minimum atomic E-state index is -3.84. The van der Waals surface area contributed by atoms with Crippen molar-refractivity contribution in [1.82, 2.24) is 4.31 Å². The molecule has 7 heteroatoms. The second-order valence-electron chi connectivity index (χ2n) is 5.31. The minimum Gasteiger partial charge on any atom is -0.478 e. The number of hydrogen-bond acceptors (Lipinski definition) is 4. The van der Waals surface area contributed by atoms with Crippen molar-refractivity contribution in [2.24, 2.45) is 5.92 Å². The van der Waals surface area contributed by atoms with Gasteiger partial charge in [-0.1, -0.05) is 6.42 Å². The first kappa shape index (κ1) is 15.1. The van der Waals surface area contributed by atoms with Crippen LogP contribution in [0.15, 0.2) is 9.31 Å². The number of carbonyl (C=O) groups is 1. The maximum Gasteiger partial charge on any atom is 0.340 e. The van der Waals surface area contributed by atoms with Crippen LogP contribution in [0.25, 0.3) is 0 Å². The molecular weight excluding hydrogens is 282 g/mol. The van der Waals surface area contributed by atoms with Crippen LogP contribution in [-0.4, -0.2) is 37.4 Å². The van der Waals surface area contributed by atoms with Gasteiger partial charge in [0.15, 0.2) is 0 Å². The van der Waals surface area contributed by atoms with Gasteiger partial charge in [0.1, 0.15) is 22.0 Å². The molecule has 0 saturated heterocycles. The van der Waals surface area contributed by atoms with Crippen LogP contribution in [0.5, 0.6) is 0 Å². The van der Waals surface area contributed by atoms with Crippen molar-refractivity contribution in [3.8, 4) is 0 Å². The summed E-state index contributed by atoms with van der Waals surface area (Å²) in [5.74, 6) is -0.669. The summed E-state index contributed by atoms with van der Waals surface area (Å²) in [6.07, 6.45) is 3.17. The number of rotatable bonds is 5. The number of aryl methyl sites for hydroxylation is 2. The third-order valence-electron chi connectivity index (χ3n) is 3.83. The minimum absolute atomic E-state index is 0.116. The van der Waals surface area contributed by atoms with Crippen molar-refractivity contribution in [3.05, 3.63) is 17.1 Å². The van der Waals surface area contributed by atoms with Gasteiger partial charge in [-0.2, -0.15) is 0 Å². The third-order valence-corrected chi connectivity index (χ3v) is 5.80. The molecule has 1 fully saturated rings. The molecule has 1 aliphatic rings. The standard InChI is InChI=1S/C13H19NO5S/c1-8-11(13(15)16)12(9(2)19-8)20(17,18)14(3)7-10-5-4-6-10/h10H,4-7H2,1-3H3,(H,15,16). The Morgan fingerprint density at radius 2 is 1.95 bits per heavy atom. The second kappa shape index (κ2) is 5.21. The van der Waals surface area contributed by atoms with Crippen molar-refractivity contribution in [2.45, 2.75) is 38.0 Å². The van der Waals surface area contributed by atoms with Gasteiger partial charge in [-0.25, -0.2) is 17.5 Å². The number of nitrogens with zero attached hydrogens (tertiary/aromatic N) is 1. The smallest absolute Gasteiger partial charge is 0.340 e. The van der Waals surface area contributed by atoms with E-state index in [9.17, 15) is 18.3 Å². The summed E-state index contributed by atoms with van der Waals surface area (Å²) in [6.45, 7) is 3.36. The number of carboxylic acids is 1. The highest BCUT2D eigenvalue weighted by Gasteiger charge is 2.35. The fourth-order valence-electron chi connectivity index (χ4n) is 2.51. The van der Waals surface area contributed by atoms with E-state index in [1.54, 1.807) is 0 Å². The number of sulfonamides is 1. The lowest BCUT2D eigenvalue weighted by molar-refractivity contribution is 0.0691. The molecule has 0 unspecified atom stereocenters. The molecule has 0 aliphatic heterocycles. The lowest BCUT2D eigenvalue weighted by Gasteiger charge is -2.29. The molecule has 0 bridgehead atoms. The molecular formula is C13H19NO5S. The molecule has 20 heavy (non-hydrogen) atoms. The van der Waals surface area contributed by atoms with Crippen LogP contribution >= 0.6 is 0 Å². The first-order chi connectivity index (χ1) is 9.25. The van der Waals surface area contributed by atoms with Gasteiger partial charge in [-0.3, -0.25) is 0 Å². The largest absolute Gasteiger partial charge is 0.478 e. The van der Waals surface area contributed by atoms with Crippen LogP contribution < -0.4 is 0 Å². The van der Waals surface area contributed by atoms with Gasteiger partial charge in [-0.05, 0) is 32.6 Å². The SMILES string of the molecule is Cc1oc(C)c(S(=O)(=O)N(C)CC2CCC2)c1C(=O)O. The van der Waals surface area contributed by atoms with E-state index in [0.29, 0.717) is 12.5 Å². The van der Waals surface area contributed by atoms with Gasteiger partial charge in [0.2, 0.25) is 10.0 Å². The number of carboxylic acid groups (broad SMARTS) is 1. The highest BCUT2D eigenvalue weighted by Crippen LogP contribution is 2.32. The Labute approximate surface area is 118 Å². The highest BCUT2D eigenvalue weighted by molar-refractivity contribution is 7.89. The van der Waals surface area contributed by atoms with E-state index >= 15 is 0 Å². The lowest BCUT2D eigenvalue weighted by atomic mass is 9.86. The van der Waals surface area contributed by atoms with Gasteiger partial charge in [0.05, 0.1) is 0 Å². The van der Waals surface area contributed by atoms with Gasteiger partial charge in [0.25, 0.3) is 0 Å². The van der Waals surface area contributed by atoms with Gasteiger partial charge in [0, 0.05) is 13.6 Å². The number of aromatic carboxylic acids is 1. The average Bonchev–Trinajstić information content (AvgIpc) is 2.58. The highest BCUT2D eigenvalue weighted by atomic mass is 32.2. The molecule has 1 saturated carbocycles. The van der Waals surface area contributed by atoms with Gasteiger partial charge in [-0.15, -0.1) is 0 Å². The molecule has 0 spiro atoms.